The summed E-state index contributed by atoms with van der Waals surface area (Å²) in [5, 5.41) is 0. The van der Waals surface area contributed by atoms with Crippen molar-refractivity contribution < 1.29 is 9.78 Å². The number of nitrogens with zero attached hydrogens (tertiary/aromatic N) is 1. The lowest BCUT2D eigenvalue weighted by Crippen LogP contribution is -2.24. The van der Waals surface area contributed by atoms with Crippen molar-refractivity contribution in [3.05, 3.63) is 71.8 Å². The molecule has 1 fully saturated rings. The van der Waals surface area contributed by atoms with Crippen molar-refractivity contribution in [2.75, 3.05) is 20.1 Å². The Labute approximate surface area is 139 Å². The maximum atomic E-state index is 5.12. The van der Waals surface area contributed by atoms with E-state index in [1.54, 1.807) is 0 Å². The van der Waals surface area contributed by atoms with Gasteiger partial charge in [0.2, 0.25) is 0 Å². The van der Waals surface area contributed by atoms with Crippen LogP contribution in [0.5, 0.6) is 0 Å². The zero-order valence-electron chi connectivity index (χ0n) is 14.0. The number of piperidine rings is 1. The maximum absolute atomic E-state index is 5.12. The molecule has 0 saturated carbocycles. The van der Waals surface area contributed by atoms with Crippen molar-refractivity contribution in [2.24, 2.45) is 0 Å². The minimum atomic E-state index is 0.480. The molecule has 0 unspecified atom stereocenters. The zero-order chi connectivity index (χ0) is 16.2. The van der Waals surface area contributed by atoms with Gasteiger partial charge >= 0.3 is 0 Å². The molecule has 2 aromatic rings. The van der Waals surface area contributed by atoms with Gasteiger partial charge in [-0.15, -0.1) is 0 Å². The van der Waals surface area contributed by atoms with Crippen LogP contribution in [0.1, 0.15) is 30.4 Å². The molecule has 23 heavy (non-hydrogen) atoms. The van der Waals surface area contributed by atoms with E-state index in [0.717, 1.165) is 11.1 Å². The summed E-state index contributed by atoms with van der Waals surface area (Å²) in [6, 6.07) is 19.9. The Bertz CT molecular complexity index is 468. The summed E-state index contributed by atoms with van der Waals surface area (Å²) < 4.78 is 0. The number of rotatable bonds is 5. The normalized spacial score (nSPS) is 14.8. The predicted molar refractivity (Wildman–Crippen MR) is 93.8 cm³/mol. The Hall–Kier alpha value is -1.68. The first-order chi connectivity index (χ1) is 11.3. The van der Waals surface area contributed by atoms with Gasteiger partial charge in [-0.05, 0) is 44.1 Å². The second-order valence-electron chi connectivity index (χ2n) is 5.86. The van der Waals surface area contributed by atoms with Gasteiger partial charge < -0.3 is 4.90 Å². The first-order valence-electron chi connectivity index (χ1n) is 8.35. The van der Waals surface area contributed by atoms with E-state index in [1.165, 1.54) is 32.4 Å². The molecule has 124 valence electrons. The van der Waals surface area contributed by atoms with Gasteiger partial charge in [0.1, 0.15) is 13.2 Å². The fourth-order valence-corrected chi connectivity index (χ4v) is 2.42. The quantitative estimate of drug-likeness (QED) is 0.463. The summed E-state index contributed by atoms with van der Waals surface area (Å²) in [7, 11) is 2.19. The Balaban J connectivity index is 0.000000229. The zero-order valence-corrected chi connectivity index (χ0v) is 14.0. The standard InChI is InChI=1S/C14H14O2.C6H13N/c1-3-7-13(8-4-1)11-15-16-12-14-9-5-2-6-10-14;1-7-5-3-2-4-6-7/h1-10H,11-12H2;2-6H2,1H3. The predicted octanol–water partition coefficient (Wildman–Crippen LogP) is 4.44. The van der Waals surface area contributed by atoms with Crippen LogP contribution >= 0.6 is 0 Å². The summed E-state index contributed by atoms with van der Waals surface area (Å²) in [6.07, 6.45) is 4.28. The summed E-state index contributed by atoms with van der Waals surface area (Å²) in [6.45, 7) is 3.60. The molecule has 0 amide bonds. The molecule has 3 nitrogen and oxygen atoms in total. The van der Waals surface area contributed by atoms with Crippen LogP contribution in [0.25, 0.3) is 0 Å². The number of hydrogen-bond donors (Lipinski definition) is 0. The van der Waals surface area contributed by atoms with Crippen LogP contribution in [0.2, 0.25) is 0 Å². The highest BCUT2D eigenvalue weighted by Gasteiger charge is 2.02. The average Bonchev–Trinajstić information content (AvgIpc) is 2.62. The third-order valence-electron chi connectivity index (χ3n) is 3.80. The molecule has 0 N–H and O–H groups in total. The van der Waals surface area contributed by atoms with Crippen LogP contribution in [-0.2, 0) is 23.0 Å². The first-order valence-corrected chi connectivity index (χ1v) is 8.35. The van der Waals surface area contributed by atoms with Crippen molar-refractivity contribution in [1.82, 2.24) is 4.90 Å². The lowest BCUT2D eigenvalue weighted by molar-refractivity contribution is -0.313. The summed E-state index contributed by atoms with van der Waals surface area (Å²) in [5.41, 5.74) is 2.21. The molecule has 0 radical (unpaired) electrons. The second-order valence-corrected chi connectivity index (χ2v) is 5.86. The SMILES string of the molecule is CN1CCCCC1.c1ccc(COOCc2ccccc2)cc1. The van der Waals surface area contributed by atoms with E-state index in [9.17, 15) is 0 Å². The third-order valence-corrected chi connectivity index (χ3v) is 3.80. The number of hydrogen-bond acceptors (Lipinski definition) is 3. The van der Waals surface area contributed by atoms with Crippen molar-refractivity contribution >= 4 is 0 Å². The smallest absolute Gasteiger partial charge is 0.107 e. The van der Waals surface area contributed by atoms with E-state index in [1.807, 2.05) is 60.7 Å². The van der Waals surface area contributed by atoms with Crippen LogP contribution in [-0.4, -0.2) is 25.0 Å². The van der Waals surface area contributed by atoms with Crippen molar-refractivity contribution in [2.45, 2.75) is 32.5 Å². The fraction of sp³-hybridized carbons (Fsp3) is 0.400. The molecular weight excluding hydrogens is 286 g/mol. The monoisotopic (exact) mass is 313 g/mol. The molecule has 2 aromatic carbocycles. The molecule has 1 aliphatic rings. The van der Waals surface area contributed by atoms with Gasteiger partial charge in [0, 0.05) is 0 Å². The number of benzene rings is 2. The van der Waals surface area contributed by atoms with E-state index in [2.05, 4.69) is 11.9 Å². The summed E-state index contributed by atoms with van der Waals surface area (Å²) in [4.78, 5) is 12.6. The lowest BCUT2D eigenvalue weighted by atomic mass is 10.1. The average molecular weight is 313 g/mol. The molecule has 0 aromatic heterocycles. The van der Waals surface area contributed by atoms with Crippen LogP contribution in [0.4, 0.5) is 0 Å². The molecule has 0 atom stereocenters. The lowest BCUT2D eigenvalue weighted by Gasteiger charge is -2.20. The highest BCUT2D eigenvalue weighted by molar-refractivity contribution is 5.14. The van der Waals surface area contributed by atoms with Crippen molar-refractivity contribution in [1.29, 1.82) is 0 Å². The van der Waals surface area contributed by atoms with Crippen molar-refractivity contribution in [3.8, 4) is 0 Å². The molecule has 1 aliphatic heterocycles. The fourth-order valence-electron chi connectivity index (χ4n) is 2.42. The Kier molecular flexibility index (Phi) is 8.41. The van der Waals surface area contributed by atoms with E-state index in [0.29, 0.717) is 13.2 Å². The molecule has 0 bridgehead atoms. The van der Waals surface area contributed by atoms with Gasteiger partial charge in [0.15, 0.2) is 0 Å². The van der Waals surface area contributed by atoms with E-state index in [4.69, 9.17) is 9.78 Å². The minimum absolute atomic E-state index is 0.480. The topological polar surface area (TPSA) is 21.7 Å². The van der Waals surface area contributed by atoms with E-state index < -0.39 is 0 Å². The minimum Gasteiger partial charge on any atom is -0.306 e. The van der Waals surface area contributed by atoms with Gasteiger partial charge in [-0.25, -0.2) is 9.78 Å². The highest BCUT2D eigenvalue weighted by atomic mass is 17.2. The van der Waals surface area contributed by atoms with E-state index in [-0.39, 0.29) is 0 Å². The Morgan fingerprint density at radius 2 is 1.13 bits per heavy atom. The number of likely N-dealkylation sites (tertiary alicyclic amines) is 1. The Morgan fingerprint density at radius 1 is 0.696 bits per heavy atom. The van der Waals surface area contributed by atoms with Crippen LogP contribution in [0, 0.1) is 0 Å². The van der Waals surface area contributed by atoms with Gasteiger partial charge in [-0.3, -0.25) is 0 Å². The van der Waals surface area contributed by atoms with Gasteiger partial charge in [-0.1, -0.05) is 67.1 Å². The molecule has 0 aliphatic carbocycles. The van der Waals surface area contributed by atoms with E-state index >= 15 is 0 Å². The first kappa shape index (κ1) is 17.7. The Morgan fingerprint density at radius 3 is 1.48 bits per heavy atom. The van der Waals surface area contributed by atoms with Crippen LogP contribution < -0.4 is 0 Å². The third kappa shape index (κ3) is 7.93. The highest BCUT2D eigenvalue weighted by Crippen LogP contribution is 2.05. The molecule has 3 rings (SSSR count). The molecule has 0 spiro atoms. The van der Waals surface area contributed by atoms with Crippen LogP contribution in [0.15, 0.2) is 60.7 Å². The van der Waals surface area contributed by atoms with Crippen LogP contribution in [0.3, 0.4) is 0 Å². The maximum Gasteiger partial charge on any atom is 0.107 e. The van der Waals surface area contributed by atoms with Gasteiger partial charge in [0.25, 0.3) is 0 Å². The molecular formula is C20H27NO2. The van der Waals surface area contributed by atoms with Gasteiger partial charge in [0.05, 0.1) is 0 Å². The van der Waals surface area contributed by atoms with Crippen molar-refractivity contribution in [3.63, 3.8) is 0 Å². The molecule has 1 heterocycles. The molecule has 3 heteroatoms. The summed E-state index contributed by atoms with van der Waals surface area (Å²) in [5.74, 6) is 0. The molecule has 1 saturated heterocycles. The summed E-state index contributed by atoms with van der Waals surface area (Å²) >= 11 is 0. The van der Waals surface area contributed by atoms with Gasteiger partial charge in [-0.2, -0.15) is 0 Å². The largest absolute Gasteiger partial charge is 0.306 e. The second kappa shape index (κ2) is 10.9.